The van der Waals surface area contributed by atoms with Crippen LogP contribution in [0.1, 0.15) is 5.56 Å². The predicted molar refractivity (Wildman–Crippen MR) is 97.5 cm³/mol. The van der Waals surface area contributed by atoms with E-state index in [0.29, 0.717) is 26.4 Å². The lowest BCUT2D eigenvalue weighted by Gasteiger charge is -2.13. The van der Waals surface area contributed by atoms with E-state index >= 15 is 0 Å². The maximum atomic E-state index is 5.80. The summed E-state index contributed by atoms with van der Waals surface area (Å²) in [7, 11) is 1.67. The van der Waals surface area contributed by atoms with Crippen LogP contribution in [0.2, 0.25) is 0 Å². The maximum Gasteiger partial charge on any atom is 0.136 e. The zero-order valence-electron chi connectivity index (χ0n) is 10.3. The van der Waals surface area contributed by atoms with Gasteiger partial charge in [0.25, 0.3) is 0 Å². The highest BCUT2D eigenvalue weighted by Crippen LogP contribution is 2.32. The molecule has 6 heteroatoms. The Bertz CT molecular complexity index is 397. The average Bonchev–Trinajstić information content (AvgIpc) is 2.34. The second-order valence-corrected chi connectivity index (χ2v) is 6.91. The van der Waals surface area contributed by atoms with Crippen LogP contribution < -0.4 is 4.74 Å². The summed E-state index contributed by atoms with van der Waals surface area (Å²) in [5.74, 6) is 0.968. The molecular formula is C12H15I3O3. The number of ether oxygens (including phenoxy) is 3. The molecule has 0 aliphatic carbocycles. The molecule has 0 unspecified atom stereocenters. The van der Waals surface area contributed by atoms with Crippen molar-refractivity contribution in [2.24, 2.45) is 0 Å². The van der Waals surface area contributed by atoms with E-state index in [4.69, 9.17) is 14.2 Å². The molecular weight excluding hydrogens is 573 g/mol. The first-order valence-corrected chi connectivity index (χ1v) is 8.65. The predicted octanol–water partition coefficient (Wildman–Crippen LogP) is 3.85. The van der Waals surface area contributed by atoms with Gasteiger partial charge in [-0.2, -0.15) is 0 Å². The Kier molecular flexibility index (Phi) is 8.72. The third-order valence-corrected chi connectivity index (χ3v) is 7.27. The first kappa shape index (κ1) is 17.2. The van der Waals surface area contributed by atoms with Crippen LogP contribution in [-0.4, -0.2) is 33.5 Å². The highest BCUT2D eigenvalue weighted by Gasteiger charge is 2.12. The molecule has 0 amide bonds. The van der Waals surface area contributed by atoms with Crippen LogP contribution in [-0.2, 0) is 9.47 Å². The molecule has 1 rings (SSSR count). The molecule has 0 fully saturated rings. The molecule has 0 aliphatic heterocycles. The Morgan fingerprint density at radius 1 is 1.00 bits per heavy atom. The monoisotopic (exact) mass is 588 g/mol. The molecule has 0 saturated carbocycles. The van der Waals surface area contributed by atoms with E-state index in [0.717, 1.165) is 5.75 Å². The van der Waals surface area contributed by atoms with Gasteiger partial charge in [0.15, 0.2) is 0 Å². The van der Waals surface area contributed by atoms with Crippen molar-refractivity contribution in [1.82, 2.24) is 0 Å². The van der Waals surface area contributed by atoms with Crippen molar-refractivity contribution in [3.63, 3.8) is 0 Å². The van der Waals surface area contributed by atoms with E-state index in [-0.39, 0.29) is 0 Å². The summed E-state index contributed by atoms with van der Waals surface area (Å²) in [5, 5.41) is 0. The molecule has 0 spiro atoms. The van der Waals surface area contributed by atoms with Crippen molar-refractivity contribution in [3.8, 4) is 5.75 Å². The average molecular weight is 588 g/mol. The molecule has 0 N–H and O–H groups in total. The lowest BCUT2D eigenvalue weighted by Crippen LogP contribution is -2.11. The van der Waals surface area contributed by atoms with Crippen molar-refractivity contribution < 1.29 is 14.2 Å². The molecule has 0 radical (unpaired) electrons. The second kappa shape index (κ2) is 9.14. The van der Waals surface area contributed by atoms with Gasteiger partial charge < -0.3 is 14.2 Å². The Morgan fingerprint density at radius 2 is 1.67 bits per heavy atom. The summed E-state index contributed by atoms with van der Waals surface area (Å²) in [5.41, 5.74) is 1.17. The number of benzene rings is 1. The van der Waals surface area contributed by atoms with Crippen LogP contribution in [0.25, 0.3) is 0 Å². The van der Waals surface area contributed by atoms with Crippen LogP contribution in [0, 0.1) is 17.6 Å². The maximum absolute atomic E-state index is 5.80. The van der Waals surface area contributed by atoms with E-state index in [1.165, 1.54) is 16.3 Å². The summed E-state index contributed by atoms with van der Waals surface area (Å²) >= 11 is 7.03. The van der Waals surface area contributed by atoms with E-state index < -0.39 is 0 Å². The number of aryl methyl sites for hydroxylation is 1. The summed E-state index contributed by atoms with van der Waals surface area (Å²) in [6.45, 7) is 4.46. The first-order chi connectivity index (χ1) is 8.57. The Morgan fingerprint density at radius 3 is 2.33 bits per heavy atom. The molecule has 18 heavy (non-hydrogen) atoms. The van der Waals surface area contributed by atoms with Crippen molar-refractivity contribution in [2.45, 2.75) is 6.92 Å². The van der Waals surface area contributed by atoms with Gasteiger partial charge in [-0.25, -0.2) is 0 Å². The number of halogens is 3. The first-order valence-electron chi connectivity index (χ1n) is 5.41. The minimum absolute atomic E-state index is 0.567. The lowest BCUT2D eigenvalue weighted by atomic mass is 10.2. The van der Waals surface area contributed by atoms with Crippen molar-refractivity contribution in [3.05, 3.63) is 22.3 Å². The molecule has 0 aromatic heterocycles. The minimum atomic E-state index is 0.567. The molecule has 1 aromatic rings. The molecule has 0 bridgehead atoms. The fraction of sp³-hybridized carbons (Fsp3) is 0.500. The highest BCUT2D eigenvalue weighted by atomic mass is 127. The summed E-state index contributed by atoms with van der Waals surface area (Å²) < 4.78 is 19.8. The fourth-order valence-electron chi connectivity index (χ4n) is 1.32. The number of hydrogen-bond acceptors (Lipinski definition) is 3. The van der Waals surface area contributed by atoms with Crippen LogP contribution in [0.15, 0.2) is 6.07 Å². The van der Waals surface area contributed by atoms with Gasteiger partial charge in [-0.05, 0) is 86.3 Å². The van der Waals surface area contributed by atoms with Gasteiger partial charge in [0.1, 0.15) is 12.4 Å². The van der Waals surface area contributed by atoms with E-state index in [1.807, 2.05) is 0 Å². The van der Waals surface area contributed by atoms with Crippen molar-refractivity contribution >= 4 is 67.8 Å². The van der Waals surface area contributed by atoms with Gasteiger partial charge in [0.2, 0.25) is 0 Å². The van der Waals surface area contributed by atoms with Gasteiger partial charge in [0, 0.05) is 14.3 Å². The van der Waals surface area contributed by atoms with Crippen molar-refractivity contribution in [1.29, 1.82) is 0 Å². The highest BCUT2D eigenvalue weighted by molar-refractivity contribution is 14.1. The minimum Gasteiger partial charge on any atom is -0.490 e. The zero-order chi connectivity index (χ0) is 13.5. The number of hydrogen-bond donors (Lipinski definition) is 0. The SMILES string of the molecule is COCCOCCOc1c(C)cc(I)c(I)c1I. The Balaban J connectivity index is 2.50. The molecule has 0 heterocycles. The normalized spacial score (nSPS) is 10.7. The van der Waals surface area contributed by atoms with Crippen LogP contribution in [0.3, 0.4) is 0 Å². The second-order valence-electron chi connectivity index (χ2n) is 3.59. The van der Waals surface area contributed by atoms with Crippen molar-refractivity contribution in [2.75, 3.05) is 33.5 Å². The third-order valence-electron chi connectivity index (χ3n) is 2.21. The quantitative estimate of drug-likeness (QED) is 0.276. The van der Waals surface area contributed by atoms with Gasteiger partial charge in [-0.3, -0.25) is 0 Å². The summed E-state index contributed by atoms with van der Waals surface area (Å²) in [6.07, 6.45) is 0. The zero-order valence-corrected chi connectivity index (χ0v) is 16.7. The van der Waals surface area contributed by atoms with Crippen LogP contribution in [0.5, 0.6) is 5.75 Å². The molecule has 1 aromatic carbocycles. The standard InChI is InChI=1S/C12H15I3O3/c1-8-7-9(13)10(14)11(15)12(8)18-6-5-17-4-3-16-2/h7H,3-6H2,1-2H3. The Hall–Kier alpha value is 1.13. The lowest BCUT2D eigenvalue weighted by molar-refractivity contribution is 0.0541. The largest absolute Gasteiger partial charge is 0.490 e. The summed E-state index contributed by atoms with van der Waals surface area (Å²) in [4.78, 5) is 0. The number of methoxy groups -OCH3 is 1. The van der Waals surface area contributed by atoms with Crippen LogP contribution in [0.4, 0.5) is 0 Å². The van der Waals surface area contributed by atoms with E-state index in [2.05, 4.69) is 80.8 Å². The molecule has 102 valence electrons. The Labute approximate surface area is 149 Å². The molecule has 0 saturated heterocycles. The van der Waals surface area contributed by atoms with E-state index in [1.54, 1.807) is 7.11 Å². The molecule has 0 atom stereocenters. The molecule has 3 nitrogen and oxygen atoms in total. The topological polar surface area (TPSA) is 27.7 Å². The fourth-order valence-corrected chi connectivity index (χ4v) is 3.85. The summed E-state index contributed by atoms with van der Waals surface area (Å²) in [6, 6.07) is 2.14. The van der Waals surface area contributed by atoms with Gasteiger partial charge in [0.05, 0.1) is 23.4 Å². The van der Waals surface area contributed by atoms with E-state index in [9.17, 15) is 0 Å². The smallest absolute Gasteiger partial charge is 0.136 e. The third kappa shape index (κ3) is 5.25. The van der Waals surface area contributed by atoms with Gasteiger partial charge in [-0.1, -0.05) is 0 Å². The van der Waals surface area contributed by atoms with Gasteiger partial charge >= 0.3 is 0 Å². The van der Waals surface area contributed by atoms with Crippen LogP contribution >= 0.6 is 67.8 Å². The molecule has 0 aliphatic rings. The number of rotatable bonds is 7. The van der Waals surface area contributed by atoms with Gasteiger partial charge in [-0.15, -0.1) is 0 Å².